The van der Waals surface area contributed by atoms with Gasteiger partial charge in [0.05, 0.1) is 18.5 Å². The molecule has 1 aromatic carbocycles. The van der Waals surface area contributed by atoms with E-state index in [0.717, 1.165) is 5.56 Å². The molecule has 2 atom stereocenters. The van der Waals surface area contributed by atoms with Gasteiger partial charge in [-0.3, -0.25) is 4.79 Å². The van der Waals surface area contributed by atoms with Crippen LogP contribution in [0.25, 0.3) is 0 Å². The zero-order chi connectivity index (χ0) is 16.3. The number of amides is 2. The number of nitrogens with one attached hydrogen (secondary N) is 1. The molecule has 2 rings (SSSR count). The van der Waals surface area contributed by atoms with Crippen molar-refractivity contribution in [3.63, 3.8) is 0 Å². The fourth-order valence-electron chi connectivity index (χ4n) is 2.54. The molecule has 0 aliphatic carbocycles. The maximum Gasteiger partial charge on any atom is 0.318 e. The van der Waals surface area contributed by atoms with E-state index >= 15 is 0 Å². The number of hydrogen-bond acceptors (Lipinski definition) is 3. The minimum absolute atomic E-state index is 0.0553. The van der Waals surface area contributed by atoms with Gasteiger partial charge in [-0.1, -0.05) is 30.3 Å². The number of hydrogen-bond donors (Lipinski definition) is 1. The van der Waals surface area contributed by atoms with Crippen LogP contribution in [0.15, 0.2) is 30.3 Å². The van der Waals surface area contributed by atoms with Crippen molar-refractivity contribution in [1.29, 1.82) is 0 Å². The molecule has 0 spiro atoms. The van der Waals surface area contributed by atoms with E-state index in [0.29, 0.717) is 6.54 Å². The molecule has 1 heterocycles. The van der Waals surface area contributed by atoms with E-state index < -0.39 is 5.60 Å². The van der Waals surface area contributed by atoms with Crippen molar-refractivity contribution in [1.82, 2.24) is 10.2 Å². The van der Waals surface area contributed by atoms with E-state index in [9.17, 15) is 9.59 Å². The van der Waals surface area contributed by atoms with Crippen LogP contribution >= 0.6 is 0 Å². The van der Waals surface area contributed by atoms with Crippen molar-refractivity contribution in [2.24, 2.45) is 0 Å². The molecular weight excluding hydrogens is 280 g/mol. The second kappa shape index (κ2) is 6.38. The maximum atomic E-state index is 12.1. The van der Waals surface area contributed by atoms with Crippen molar-refractivity contribution < 1.29 is 14.3 Å². The first-order chi connectivity index (χ1) is 10.3. The molecule has 0 saturated carbocycles. The Morgan fingerprint density at radius 1 is 1.27 bits per heavy atom. The van der Waals surface area contributed by atoms with Crippen LogP contribution in [0.2, 0.25) is 0 Å². The van der Waals surface area contributed by atoms with Gasteiger partial charge in [-0.05, 0) is 33.3 Å². The average Bonchev–Trinajstić information content (AvgIpc) is 2.65. The van der Waals surface area contributed by atoms with Gasteiger partial charge in [0, 0.05) is 6.54 Å². The molecule has 2 amide bonds. The minimum Gasteiger partial charge on any atom is -0.460 e. The maximum absolute atomic E-state index is 12.1. The standard InChI is InChI=1S/C17H24N2O3/c1-12-14(10-15(20)22-17(2,3)4)18-16(21)19(12)11-13-8-6-5-7-9-13/h5-9,12,14H,10-11H2,1-4H3,(H,18,21)/t12-,14-/m1/s1. The Hall–Kier alpha value is -2.04. The second-order valence-electron chi connectivity index (χ2n) is 6.70. The first kappa shape index (κ1) is 16.3. The van der Waals surface area contributed by atoms with Gasteiger partial charge < -0.3 is 15.0 Å². The highest BCUT2D eigenvalue weighted by molar-refractivity contribution is 5.79. The van der Waals surface area contributed by atoms with Gasteiger partial charge in [0.15, 0.2) is 0 Å². The number of carbonyl (C=O) groups is 2. The van der Waals surface area contributed by atoms with Crippen LogP contribution in [0.3, 0.4) is 0 Å². The van der Waals surface area contributed by atoms with Crippen molar-refractivity contribution in [2.45, 2.75) is 58.3 Å². The van der Waals surface area contributed by atoms with Gasteiger partial charge in [0.2, 0.25) is 0 Å². The highest BCUT2D eigenvalue weighted by Crippen LogP contribution is 2.20. The Kier molecular flexibility index (Phi) is 4.74. The first-order valence-corrected chi connectivity index (χ1v) is 7.59. The third-order valence-electron chi connectivity index (χ3n) is 3.65. The number of esters is 1. The Morgan fingerprint density at radius 3 is 2.50 bits per heavy atom. The van der Waals surface area contributed by atoms with Crippen LogP contribution in [-0.4, -0.2) is 34.6 Å². The summed E-state index contributed by atoms with van der Waals surface area (Å²) < 4.78 is 5.33. The predicted molar refractivity (Wildman–Crippen MR) is 84.2 cm³/mol. The van der Waals surface area contributed by atoms with E-state index in [1.165, 1.54) is 0 Å². The van der Waals surface area contributed by atoms with E-state index in [2.05, 4.69) is 5.32 Å². The molecule has 5 heteroatoms. The zero-order valence-corrected chi connectivity index (χ0v) is 13.6. The molecule has 1 aromatic rings. The molecule has 1 saturated heterocycles. The summed E-state index contributed by atoms with van der Waals surface area (Å²) in [5.74, 6) is -0.286. The number of nitrogens with zero attached hydrogens (tertiary/aromatic N) is 1. The van der Waals surface area contributed by atoms with Crippen molar-refractivity contribution >= 4 is 12.0 Å². The highest BCUT2D eigenvalue weighted by Gasteiger charge is 2.37. The lowest BCUT2D eigenvalue weighted by molar-refractivity contribution is -0.155. The molecule has 120 valence electrons. The first-order valence-electron chi connectivity index (χ1n) is 7.59. The van der Waals surface area contributed by atoms with Gasteiger partial charge in [0.25, 0.3) is 0 Å². The van der Waals surface area contributed by atoms with E-state index in [4.69, 9.17) is 4.74 Å². The van der Waals surface area contributed by atoms with E-state index in [-0.39, 0.29) is 30.5 Å². The molecule has 0 unspecified atom stereocenters. The fourth-order valence-corrected chi connectivity index (χ4v) is 2.54. The van der Waals surface area contributed by atoms with Crippen molar-refractivity contribution in [3.8, 4) is 0 Å². The van der Waals surface area contributed by atoms with Crippen LogP contribution in [-0.2, 0) is 16.1 Å². The Balaban J connectivity index is 1.96. The molecule has 22 heavy (non-hydrogen) atoms. The summed E-state index contributed by atoms with van der Waals surface area (Å²) in [5.41, 5.74) is 0.564. The fraction of sp³-hybridized carbons (Fsp3) is 0.529. The topological polar surface area (TPSA) is 58.6 Å². The van der Waals surface area contributed by atoms with Crippen LogP contribution in [0.5, 0.6) is 0 Å². The SMILES string of the molecule is C[C@@H]1[C@@H](CC(=O)OC(C)(C)C)NC(=O)N1Cc1ccccc1. The summed E-state index contributed by atoms with van der Waals surface area (Å²) in [4.78, 5) is 25.8. The minimum atomic E-state index is -0.507. The molecular formula is C17H24N2O3. The van der Waals surface area contributed by atoms with Crippen molar-refractivity contribution in [2.75, 3.05) is 0 Å². The number of benzene rings is 1. The smallest absolute Gasteiger partial charge is 0.318 e. The summed E-state index contributed by atoms with van der Waals surface area (Å²) in [5, 5.41) is 2.88. The predicted octanol–water partition coefficient (Wildman–Crippen LogP) is 2.70. The van der Waals surface area contributed by atoms with Gasteiger partial charge in [-0.2, -0.15) is 0 Å². The van der Waals surface area contributed by atoms with E-state index in [1.807, 2.05) is 58.0 Å². The lowest BCUT2D eigenvalue weighted by Gasteiger charge is -2.24. The molecule has 1 N–H and O–H groups in total. The number of urea groups is 1. The number of rotatable bonds is 4. The molecule has 0 bridgehead atoms. The van der Waals surface area contributed by atoms with Gasteiger partial charge in [-0.15, -0.1) is 0 Å². The highest BCUT2D eigenvalue weighted by atomic mass is 16.6. The van der Waals surface area contributed by atoms with Crippen LogP contribution < -0.4 is 5.32 Å². The van der Waals surface area contributed by atoms with Crippen molar-refractivity contribution in [3.05, 3.63) is 35.9 Å². The number of carbonyl (C=O) groups excluding carboxylic acids is 2. The molecule has 1 aliphatic rings. The third kappa shape index (κ3) is 4.23. The molecule has 1 fully saturated rings. The molecule has 5 nitrogen and oxygen atoms in total. The summed E-state index contributed by atoms with van der Waals surface area (Å²) in [6, 6.07) is 9.42. The third-order valence-corrected chi connectivity index (χ3v) is 3.65. The Morgan fingerprint density at radius 2 is 1.91 bits per heavy atom. The van der Waals surface area contributed by atoms with Gasteiger partial charge in [0.1, 0.15) is 5.60 Å². The normalized spacial score (nSPS) is 21.6. The summed E-state index contributed by atoms with van der Waals surface area (Å²) in [6.45, 7) is 8.00. The quantitative estimate of drug-likeness (QED) is 0.870. The van der Waals surface area contributed by atoms with E-state index in [1.54, 1.807) is 4.90 Å². The zero-order valence-electron chi connectivity index (χ0n) is 13.6. The van der Waals surface area contributed by atoms with Crippen LogP contribution in [0.4, 0.5) is 4.79 Å². The van der Waals surface area contributed by atoms with Gasteiger partial charge in [-0.25, -0.2) is 4.79 Å². The molecule has 1 aliphatic heterocycles. The molecule has 0 aromatic heterocycles. The lowest BCUT2D eigenvalue weighted by atomic mass is 10.1. The largest absolute Gasteiger partial charge is 0.460 e. The summed E-state index contributed by atoms with van der Waals surface area (Å²) in [7, 11) is 0. The monoisotopic (exact) mass is 304 g/mol. The van der Waals surface area contributed by atoms with Crippen LogP contribution in [0.1, 0.15) is 39.7 Å². The summed E-state index contributed by atoms with van der Waals surface area (Å²) >= 11 is 0. The van der Waals surface area contributed by atoms with Crippen LogP contribution in [0, 0.1) is 0 Å². The van der Waals surface area contributed by atoms with Gasteiger partial charge >= 0.3 is 12.0 Å². The lowest BCUT2D eigenvalue weighted by Crippen LogP contribution is -2.36. The average molecular weight is 304 g/mol. The number of ether oxygens (including phenoxy) is 1. The summed E-state index contributed by atoms with van der Waals surface area (Å²) in [6.07, 6.45) is 0.190. The second-order valence-corrected chi connectivity index (χ2v) is 6.70. The Bertz CT molecular complexity index is 537. The molecule has 0 radical (unpaired) electrons. The Labute approximate surface area is 131 Å².